The van der Waals surface area contributed by atoms with Crippen molar-refractivity contribution in [3.63, 3.8) is 0 Å². The number of H-pyrrole nitrogens is 2. The minimum absolute atomic E-state index is 0.0196. The number of hydrogen-bond acceptors (Lipinski definition) is 6. The summed E-state index contributed by atoms with van der Waals surface area (Å²) in [7, 11) is 3.08. The Labute approximate surface area is 167 Å². The van der Waals surface area contributed by atoms with Gasteiger partial charge in [-0.3, -0.25) is 19.6 Å². The van der Waals surface area contributed by atoms with Gasteiger partial charge in [-0.1, -0.05) is 19.9 Å². The van der Waals surface area contributed by atoms with Crippen molar-refractivity contribution < 1.29 is 14.3 Å². The zero-order chi connectivity index (χ0) is 20.9. The zero-order valence-corrected chi connectivity index (χ0v) is 16.7. The van der Waals surface area contributed by atoms with Crippen LogP contribution in [0.2, 0.25) is 0 Å². The third-order valence-electron chi connectivity index (χ3n) is 5.52. The molecule has 1 aromatic heterocycles. The van der Waals surface area contributed by atoms with Crippen molar-refractivity contribution in [2.75, 3.05) is 19.5 Å². The van der Waals surface area contributed by atoms with E-state index < -0.39 is 23.1 Å². The van der Waals surface area contributed by atoms with Gasteiger partial charge in [-0.25, -0.2) is 4.79 Å². The fraction of sp³-hybridized carbons (Fsp3) is 0.381. The fourth-order valence-electron chi connectivity index (χ4n) is 4.39. The minimum atomic E-state index is -0.633. The number of anilines is 1. The Bertz CT molecular complexity index is 1140. The Morgan fingerprint density at radius 2 is 1.79 bits per heavy atom. The molecule has 0 fully saturated rings. The van der Waals surface area contributed by atoms with E-state index in [1.807, 2.05) is 19.9 Å². The molecule has 0 amide bonds. The van der Waals surface area contributed by atoms with E-state index in [1.165, 1.54) is 7.11 Å². The highest BCUT2D eigenvalue weighted by Gasteiger charge is 2.46. The third kappa shape index (κ3) is 3.14. The highest BCUT2D eigenvalue weighted by atomic mass is 16.5. The first kappa shape index (κ1) is 19.0. The van der Waals surface area contributed by atoms with Crippen LogP contribution in [0, 0.1) is 11.3 Å². The SMILES string of the molecule is COc1ccc(OC)c([C@@H]2c3c([nH]c(=O)[nH]c3=O)NC3=CC(C)(C)CC(=O)[C@H]32)c1. The number of aromatic amines is 2. The molecule has 1 aliphatic heterocycles. The molecule has 8 nitrogen and oxygen atoms in total. The molecule has 0 bridgehead atoms. The van der Waals surface area contributed by atoms with Crippen LogP contribution in [0.5, 0.6) is 11.5 Å². The van der Waals surface area contributed by atoms with E-state index in [2.05, 4.69) is 15.3 Å². The molecule has 8 heteroatoms. The van der Waals surface area contributed by atoms with Crippen LogP contribution in [0.25, 0.3) is 0 Å². The lowest BCUT2D eigenvalue weighted by Gasteiger charge is -2.40. The number of carbonyl (C=O) groups is 1. The summed E-state index contributed by atoms with van der Waals surface area (Å²) in [6.07, 6.45) is 2.35. The lowest BCUT2D eigenvalue weighted by Crippen LogP contribution is -2.43. The third-order valence-corrected chi connectivity index (χ3v) is 5.52. The van der Waals surface area contributed by atoms with Crippen molar-refractivity contribution >= 4 is 11.6 Å². The van der Waals surface area contributed by atoms with Gasteiger partial charge < -0.3 is 14.8 Å². The summed E-state index contributed by atoms with van der Waals surface area (Å²) in [6, 6.07) is 5.27. The van der Waals surface area contributed by atoms with Crippen molar-refractivity contribution in [3.8, 4) is 11.5 Å². The van der Waals surface area contributed by atoms with Gasteiger partial charge in [0.15, 0.2) is 0 Å². The minimum Gasteiger partial charge on any atom is -0.497 e. The molecule has 0 saturated heterocycles. The maximum absolute atomic E-state index is 13.2. The van der Waals surface area contributed by atoms with Crippen LogP contribution in [-0.2, 0) is 4.79 Å². The highest BCUT2D eigenvalue weighted by molar-refractivity contribution is 5.90. The topological polar surface area (TPSA) is 113 Å². The van der Waals surface area contributed by atoms with Crippen LogP contribution in [0.3, 0.4) is 0 Å². The summed E-state index contributed by atoms with van der Waals surface area (Å²) in [6.45, 7) is 3.96. The van der Waals surface area contributed by atoms with Crippen molar-refractivity contribution in [2.45, 2.75) is 26.2 Å². The number of nitrogens with one attached hydrogen (secondary N) is 3. The number of ketones is 1. The Balaban J connectivity index is 2.05. The van der Waals surface area contributed by atoms with E-state index >= 15 is 0 Å². The lowest BCUT2D eigenvalue weighted by molar-refractivity contribution is -0.124. The second kappa shape index (κ2) is 6.65. The summed E-state index contributed by atoms with van der Waals surface area (Å²) in [5.41, 5.74) is 0.135. The number of rotatable bonds is 3. The molecule has 29 heavy (non-hydrogen) atoms. The number of methoxy groups -OCH3 is 2. The van der Waals surface area contributed by atoms with Crippen LogP contribution in [0.4, 0.5) is 5.82 Å². The highest BCUT2D eigenvalue weighted by Crippen LogP contribution is 2.49. The van der Waals surface area contributed by atoms with Crippen LogP contribution in [-0.4, -0.2) is 30.0 Å². The van der Waals surface area contributed by atoms with E-state index in [1.54, 1.807) is 25.3 Å². The predicted octanol–water partition coefficient (Wildman–Crippen LogP) is 2.14. The molecule has 2 atom stereocenters. The van der Waals surface area contributed by atoms with Gasteiger partial charge in [-0.05, 0) is 23.6 Å². The van der Waals surface area contributed by atoms with Crippen molar-refractivity contribution in [1.82, 2.24) is 9.97 Å². The van der Waals surface area contributed by atoms with Crippen LogP contribution >= 0.6 is 0 Å². The standard InChI is InChI=1S/C21H23N3O5/c1-21(2)8-12-16(13(25)9-21)15(11-7-10(28-3)5-6-14(11)29-4)17-18(22-12)23-20(27)24-19(17)26/h5-8,15-16H,9H2,1-4H3,(H3,22,23,24,26,27)/t15-,16-/m0/s1. The number of benzene rings is 1. The fourth-order valence-corrected chi connectivity index (χ4v) is 4.39. The number of Topliss-reactive ketones (excluding diaryl/α,β-unsaturated/α-hetero) is 1. The molecule has 0 radical (unpaired) electrons. The molecule has 0 spiro atoms. The van der Waals surface area contributed by atoms with E-state index in [0.717, 1.165) is 0 Å². The van der Waals surface area contributed by atoms with Gasteiger partial charge in [0.1, 0.15) is 23.1 Å². The van der Waals surface area contributed by atoms with E-state index in [9.17, 15) is 14.4 Å². The lowest BCUT2D eigenvalue weighted by atomic mass is 9.67. The normalized spacial score (nSPS) is 22.1. The monoisotopic (exact) mass is 397 g/mol. The van der Waals surface area contributed by atoms with Gasteiger partial charge in [0, 0.05) is 23.6 Å². The van der Waals surface area contributed by atoms with Crippen LogP contribution < -0.4 is 26.0 Å². The summed E-state index contributed by atoms with van der Waals surface area (Å²) < 4.78 is 10.9. The van der Waals surface area contributed by atoms with Gasteiger partial charge in [-0.15, -0.1) is 0 Å². The molecule has 0 saturated carbocycles. The largest absolute Gasteiger partial charge is 0.497 e. The number of carbonyl (C=O) groups excluding carboxylic acids is 1. The molecule has 2 aromatic rings. The van der Waals surface area contributed by atoms with E-state index in [4.69, 9.17) is 9.47 Å². The first-order chi connectivity index (χ1) is 13.7. The summed E-state index contributed by atoms with van der Waals surface area (Å²) >= 11 is 0. The van der Waals surface area contributed by atoms with Crippen molar-refractivity contribution in [2.24, 2.45) is 11.3 Å². The van der Waals surface area contributed by atoms with Crippen molar-refractivity contribution in [1.29, 1.82) is 0 Å². The summed E-state index contributed by atoms with van der Waals surface area (Å²) in [5.74, 6) is 0.199. The maximum atomic E-state index is 13.2. The quantitative estimate of drug-likeness (QED) is 0.731. The van der Waals surface area contributed by atoms with Crippen molar-refractivity contribution in [3.05, 3.63) is 61.9 Å². The molecule has 3 N–H and O–H groups in total. The Morgan fingerprint density at radius 3 is 2.48 bits per heavy atom. The first-order valence-electron chi connectivity index (χ1n) is 9.35. The molecular formula is C21H23N3O5. The van der Waals surface area contributed by atoms with Gasteiger partial charge in [0.05, 0.1) is 25.7 Å². The Morgan fingerprint density at radius 1 is 1.03 bits per heavy atom. The smallest absolute Gasteiger partial charge is 0.327 e. The van der Waals surface area contributed by atoms with Gasteiger partial charge in [0.2, 0.25) is 0 Å². The second-order valence-corrected chi connectivity index (χ2v) is 8.12. The molecule has 4 rings (SSSR count). The zero-order valence-electron chi connectivity index (χ0n) is 16.7. The number of allylic oxidation sites excluding steroid dienone is 2. The average molecular weight is 397 g/mol. The summed E-state index contributed by atoms with van der Waals surface area (Å²) in [4.78, 5) is 42.9. The Kier molecular flexibility index (Phi) is 4.37. The predicted molar refractivity (Wildman–Crippen MR) is 108 cm³/mol. The van der Waals surface area contributed by atoms with Gasteiger partial charge in [-0.2, -0.15) is 0 Å². The Hall–Kier alpha value is -3.29. The van der Waals surface area contributed by atoms with E-state index in [-0.39, 0.29) is 11.2 Å². The molecule has 1 aliphatic carbocycles. The van der Waals surface area contributed by atoms with Gasteiger partial charge >= 0.3 is 5.69 Å². The molecule has 1 aromatic carbocycles. The molecule has 2 aliphatic rings. The van der Waals surface area contributed by atoms with Gasteiger partial charge in [0.25, 0.3) is 5.56 Å². The van der Waals surface area contributed by atoms with Crippen LogP contribution in [0.1, 0.15) is 37.3 Å². The average Bonchev–Trinajstić information content (AvgIpc) is 2.64. The number of fused-ring (bicyclic) bond motifs is 2. The molecular weight excluding hydrogens is 374 g/mol. The second-order valence-electron chi connectivity index (χ2n) is 8.12. The maximum Gasteiger partial charge on any atom is 0.327 e. The van der Waals surface area contributed by atoms with Crippen LogP contribution in [0.15, 0.2) is 39.6 Å². The number of ether oxygens (including phenoxy) is 2. The van der Waals surface area contributed by atoms with E-state index in [0.29, 0.717) is 40.6 Å². The molecule has 0 unspecified atom stereocenters. The molecule has 152 valence electrons. The first-order valence-corrected chi connectivity index (χ1v) is 9.35. The molecule has 2 heterocycles. The number of hydrogen-bond donors (Lipinski definition) is 3. The summed E-state index contributed by atoms with van der Waals surface area (Å²) in [5, 5.41) is 3.13. The number of aromatic nitrogens is 2.